The zero-order valence-electron chi connectivity index (χ0n) is 8.94. The number of hydrogen-bond donors (Lipinski definition) is 2. The Balaban J connectivity index is 2.61. The molecule has 1 aromatic heterocycles. The molecule has 0 radical (unpaired) electrons. The van der Waals surface area contributed by atoms with Crippen LogP contribution < -0.4 is 11.5 Å². The van der Waals surface area contributed by atoms with Gasteiger partial charge in [-0.3, -0.25) is 0 Å². The van der Waals surface area contributed by atoms with Gasteiger partial charge in [-0.25, -0.2) is 9.97 Å². The van der Waals surface area contributed by atoms with Crippen molar-refractivity contribution in [1.82, 2.24) is 9.97 Å². The summed E-state index contributed by atoms with van der Waals surface area (Å²) in [4.78, 5) is 8.71. The first-order valence-corrected chi connectivity index (χ1v) is 5.83. The fourth-order valence-corrected chi connectivity index (χ4v) is 2.02. The van der Waals surface area contributed by atoms with Gasteiger partial charge in [0.2, 0.25) is 0 Å². The smallest absolute Gasteiger partial charge is 0.135 e. The molecule has 0 saturated heterocycles. The van der Waals surface area contributed by atoms with Gasteiger partial charge in [-0.15, -0.1) is 0 Å². The normalized spacial score (nSPS) is 12.9. The van der Waals surface area contributed by atoms with Crippen molar-refractivity contribution in [2.45, 2.75) is 19.4 Å². The second kappa shape index (κ2) is 4.35. The van der Waals surface area contributed by atoms with E-state index in [9.17, 15) is 0 Å². The van der Waals surface area contributed by atoms with Crippen LogP contribution in [0, 0.1) is 0 Å². The average molecular weight is 281 g/mol. The first-order chi connectivity index (χ1) is 7.58. The Labute approximate surface area is 102 Å². The van der Waals surface area contributed by atoms with Crippen molar-refractivity contribution in [3.8, 4) is 0 Å². The minimum Gasteiger partial charge on any atom is -0.383 e. The van der Waals surface area contributed by atoms with Gasteiger partial charge in [-0.1, -0.05) is 6.07 Å². The van der Waals surface area contributed by atoms with Crippen LogP contribution in [0.5, 0.6) is 0 Å². The molecule has 2 rings (SSSR count). The molecule has 4 nitrogen and oxygen atoms in total. The fraction of sp³-hybridized carbons (Fsp3) is 0.273. The molecule has 0 aliphatic heterocycles. The summed E-state index contributed by atoms with van der Waals surface area (Å²) in [5.41, 5.74) is 12.5. The summed E-state index contributed by atoms with van der Waals surface area (Å²) < 4.78 is 0.921. The second-order valence-electron chi connectivity index (χ2n) is 3.84. The van der Waals surface area contributed by atoms with E-state index in [1.807, 2.05) is 25.1 Å². The maximum absolute atomic E-state index is 5.89. The lowest BCUT2D eigenvalue weighted by molar-refractivity contribution is 0.706. The Morgan fingerprint density at radius 2 is 2.12 bits per heavy atom. The lowest BCUT2D eigenvalue weighted by Crippen LogP contribution is -2.19. The van der Waals surface area contributed by atoms with E-state index in [0.717, 1.165) is 15.4 Å². The van der Waals surface area contributed by atoms with Gasteiger partial charge in [0, 0.05) is 22.3 Å². The number of nitrogens with zero attached hydrogens (tertiary/aromatic N) is 2. The fourth-order valence-electron chi connectivity index (χ4n) is 1.57. The molecular weight excluding hydrogens is 268 g/mol. The van der Waals surface area contributed by atoms with Crippen LogP contribution in [0.1, 0.15) is 12.7 Å². The Kier molecular flexibility index (Phi) is 3.07. The van der Waals surface area contributed by atoms with Crippen LogP contribution in [-0.4, -0.2) is 16.0 Å². The third-order valence-corrected chi connectivity index (χ3v) is 2.90. The molecule has 0 saturated carbocycles. The number of benzene rings is 1. The Hall–Kier alpha value is -1.20. The van der Waals surface area contributed by atoms with E-state index in [2.05, 4.69) is 25.9 Å². The standard InChI is InChI=1S/C11H13BrN4/c1-6(13)5-9-15-10-7(11(14)16-9)3-2-4-8(10)12/h2-4,6H,5,13H2,1H3,(H2,14,15,16). The van der Waals surface area contributed by atoms with Crippen molar-refractivity contribution < 1.29 is 0 Å². The highest BCUT2D eigenvalue weighted by molar-refractivity contribution is 9.10. The van der Waals surface area contributed by atoms with Gasteiger partial charge in [0.15, 0.2) is 0 Å². The zero-order chi connectivity index (χ0) is 11.7. The number of nitrogen functional groups attached to an aromatic ring is 1. The van der Waals surface area contributed by atoms with Crippen LogP contribution in [0.2, 0.25) is 0 Å². The van der Waals surface area contributed by atoms with Gasteiger partial charge in [-0.05, 0) is 35.0 Å². The summed E-state index contributed by atoms with van der Waals surface area (Å²) in [5.74, 6) is 1.19. The molecule has 5 heteroatoms. The van der Waals surface area contributed by atoms with E-state index in [1.54, 1.807) is 0 Å². The summed E-state index contributed by atoms with van der Waals surface area (Å²) in [5, 5.41) is 0.864. The van der Waals surface area contributed by atoms with Gasteiger partial charge >= 0.3 is 0 Å². The van der Waals surface area contributed by atoms with E-state index in [-0.39, 0.29) is 6.04 Å². The van der Waals surface area contributed by atoms with Crippen LogP contribution in [0.15, 0.2) is 22.7 Å². The van der Waals surface area contributed by atoms with Gasteiger partial charge < -0.3 is 11.5 Å². The topological polar surface area (TPSA) is 77.8 Å². The molecule has 1 heterocycles. The molecule has 1 aromatic carbocycles. The molecule has 84 valence electrons. The number of hydrogen-bond acceptors (Lipinski definition) is 4. The number of rotatable bonds is 2. The Morgan fingerprint density at radius 3 is 2.81 bits per heavy atom. The third kappa shape index (κ3) is 2.15. The Bertz CT molecular complexity index is 525. The van der Waals surface area contributed by atoms with Crippen molar-refractivity contribution in [3.05, 3.63) is 28.5 Å². The highest BCUT2D eigenvalue weighted by Crippen LogP contribution is 2.25. The average Bonchev–Trinajstić information content (AvgIpc) is 2.19. The van der Waals surface area contributed by atoms with Crippen molar-refractivity contribution in [3.63, 3.8) is 0 Å². The van der Waals surface area contributed by atoms with Gasteiger partial charge in [-0.2, -0.15) is 0 Å². The number of para-hydroxylation sites is 1. The molecule has 4 N–H and O–H groups in total. The molecule has 0 amide bonds. The third-order valence-electron chi connectivity index (χ3n) is 2.26. The molecule has 16 heavy (non-hydrogen) atoms. The number of halogens is 1. The van der Waals surface area contributed by atoms with E-state index in [0.29, 0.717) is 18.1 Å². The van der Waals surface area contributed by atoms with E-state index in [4.69, 9.17) is 11.5 Å². The van der Waals surface area contributed by atoms with Crippen molar-refractivity contribution in [1.29, 1.82) is 0 Å². The minimum atomic E-state index is 0.0272. The second-order valence-corrected chi connectivity index (χ2v) is 4.70. The lowest BCUT2D eigenvalue weighted by atomic mass is 10.2. The highest BCUT2D eigenvalue weighted by atomic mass is 79.9. The van der Waals surface area contributed by atoms with E-state index in [1.165, 1.54) is 0 Å². The molecule has 2 aromatic rings. The van der Waals surface area contributed by atoms with Crippen molar-refractivity contribution in [2.24, 2.45) is 5.73 Å². The predicted molar refractivity (Wildman–Crippen MR) is 69.0 cm³/mol. The van der Waals surface area contributed by atoms with Gasteiger partial charge in [0.05, 0.1) is 5.52 Å². The number of aromatic nitrogens is 2. The van der Waals surface area contributed by atoms with E-state index >= 15 is 0 Å². The Morgan fingerprint density at radius 1 is 1.38 bits per heavy atom. The van der Waals surface area contributed by atoms with Crippen LogP contribution in [0.3, 0.4) is 0 Å². The SMILES string of the molecule is CC(N)Cc1nc(N)c2cccc(Br)c2n1. The summed E-state index contributed by atoms with van der Waals surface area (Å²) >= 11 is 3.45. The van der Waals surface area contributed by atoms with Gasteiger partial charge in [0.1, 0.15) is 11.6 Å². The molecule has 0 aliphatic rings. The van der Waals surface area contributed by atoms with Crippen LogP contribution in [0.4, 0.5) is 5.82 Å². The molecule has 0 fully saturated rings. The van der Waals surface area contributed by atoms with E-state index < -0.39 is 0 Å². The zero-order valence-corrected chi connectivity index (χ0v) is 10.5. The maximum Gasteiger partial charge on any atom is 0.135 e. The molecule has 1 unspecified atom stereocenters. The summed E-state index contributed by atoms with van der Waals surface area (Å²) in [6, 6.07) is 5.78. The van der Waals surface area contributed by atoms with Gasteiger partial charge in [0.25, 0.3) is 0 Å². The molecular formula is C11H13BrN4. The number of nitrogens with two attached hydrogens (primary N) is 2. The quantitative estimate of drug-likeness (QED) is 0.880. The molecule has 1 atom stereocenters. The maximum atomic E-state index is 5.89. The monoisotopic (exact) mass is 280 g/mol. The largest absolute Gasteiger partial charge is 0.383 e. The summed E-state index contributed by atoms with van der Waals surface area (Å²) in [6.07, 6.45) is 0.626. The molecule has 0 spiro atoms. The molecule has 0 bridgehead atoms. The first-order valence-electron chi connectivity index (χ1n) is 5.04. The lowest BCUT2D eigenvalue weighted by Gasteiger charge is -2.08. The van der Waals surface area contributed by atoms with Crippen LogP contribution in [0.25, 0.3) is 10.9 Å². The first kappa shape index (κ1) is 11.3. The summed E-state index contributed by atoms with van der Waals surface area (Å²) in [7, 11) is 0. The predicted octanol–water partition coefficient (Wildman–Crippen LogP) is 1.86. The number of fused-ring (bicyclic) bond motifs is 1. The molecule has 0 aliphatic carbocycles. The minimum absolute atomic E-state index is 0.0272. The number of anilines is 1. The van der Waals surface area contributed by atoms with Crippen LogP contribution >= 0.6 is 15.9 Å². The van der Waals surface area contributed by atoms with Crippen LogP contribution in [-0.2, 0) is 6.42 Å². The van der Waals surface area contributed by atoms with Crippen molar-refractivity contribution in [2.75, 3.05) is 5.73 Å². The van der Waals surface area contributed by atoms with Crippen molar-refractivity contribution >= 4 is 32.7 Å². The summed E-state index contributed by atoms with van der Waals surface area (Å²) in [6.45, 7) is 1.92. The highest BCUT2D eigenvalue weighted by Gasteiger charge is 2.08.